The number of hydrogen-bond donors (Lipinski definition) is 2. The van der Waals surface area contributed by atoms with Gasteiger partial charge in [-0.3, -0.25) is 9.59 Å². The van der Waals surface area contributed by atoms with Gasteiger partial charge >= 0.3 is 0 Å². The Morgan fingerprint density at radius 1 is 1.15 bits per heavy atom. The number of hydrogen-bond acceptors (Lipinski definition) is 6. The summed E-state index contributed by atoms with van der Waals surface area (Å²) in [5, 5.41) is 16.9. The summed E-state index contributed by atoms with van der Waals surface area (Å²) in [4.78, 5) is 25.2. The van der Waals surface area contributed by atoms with Gasteiger partial charge in [0.2, 0.25) is 10.9 Å². The van der Waals surface area contributed by atoms with Crippen molar-refractivity contribution in [2.24, 2.45) is 0 Å². The molecule has 134 valence electrons. The summed E-state index contributed by atoms with van der Waals surface area (Å²) < 4.78 is 0. The topological polar surface area (TPSA) is 84.0 Å². The molecule has 6 nitrogen and oxygen atoms in total. The summed E-state index contributed by atoms with van der Waals surface area (Å²) in [5.74, 6) is -0.406. The van der Waals surface area contributed by atoms with Crippen molar-refractivity contribution in [2.75, 3.05) is 5.32 Å². The van der Waals surface area contributed by atoms with Gasteiger partial charge in [-0.25, -0.2) is 0 Å². The highest BCUT2D eigenvalue weighted by atomic mass is 35.5. The number of aromatic nitrogens is 2. The fourth-order valence-corrected chi connectivity index (χ4v) is 3.67. The lowest BCUT2D eigenvalue weighted by molar-refractivity contribution is -0.121. The Labute approximate surface area is 163 Å². The highest BCUT2D eigenvalue weighted by molar-refractivity contribution is 7.13. The number of carbonyl (C=O) groups excluding carboxylic acids is 2. The van der Waals surface area contributed by atoms with Crippen molar-refractivity contribution in [1.29, 1.82) is 0 Å². The second-order valence-electron chi connectivity index (χ2n) is 5.32. The third kappa shape index (κ3) is 5.35. The monoisotopic (exact) mass is 406 g/mol. The molecule has 0 aliphatic rings. The predicted molar refractivity (Wildman–Crippen MR) is 104 cm³/mol. The number of nitrogens with zero attached hydrogens (tertiary/aromatic N) is 2. The maximum Gasteiger partial charge on any atom is 0.286 e. The van der Waals surface area contributed by atoms with Crippen molar-refractivity contribution < 1.29 is 9.59 Å². The average molecular weight is 407 g/mol. The van der Waals surface area contributed by atoms with Gasteiger partial charge in [-0.15, -0.1) is 21.5 Å². The van der Waals surface area contributed by atoms with Crippen LogP contribution in [0.2, 0.25) is 5.02 Å². The highest BCUT2D eigenvalue weighted by Crippen LogP contribution is 2.18. The van der Waals surface area contributed by atoms with Crippen LogP contribution in [0.25, 0.3) is 0 Å². The van der Waals surface area contributed by atoms with E-state index in [0.29, 0.717) is 35.1 Å². The van der Waals surface area contributed by atoms with E-state index < -0.39 is 0 Å². The first kappa shape index (κ1) is 18.5. The standard InChI is InChI=1S/C17H15ClN4O2S2/c18-11-3-1-4-12(9-11)20-16(24)17-22-21-15(26-17)7-6-14(23)19-10-13-5-2-8-25-13/h1-5,8-9H,6-7,10H2,(H,19,23)(H,20,24). The minimum absolute atomic E-state index is 0.0569. The van der Waals surface area contributed by atoms with E-state index >= 15 is 0 Å². The average Bonchev–Trinajstić information content (AvgIpc) is 3.30. The van der Waals surface area contributed by atoms with Gasteiger partial charge in [-0.2, -0.15) is 0 Å². The Kier molecular flexibility index (Phi) is 6.32. The second kappa shape index (κ2) is 8.88. The molecule has 0 aliphatic heterocycles. The van der Waals surface area contributed by atoms with Crippen LogP contribution >= 0.6 is 34.3 Å². The number of aryl methyl sites for hydroxylation is 1. The Balaban J connectivity index is 1.48. The largest absolute Gasteiger partial charge is 0.351 e. The van der Waals surface area contributed by atoms with Crippen LogP contribution in [0.3, 0.4) is 0 Å². The maximum atomic E-state index is 12.2. The van der Waals surface area contributed by atoms with Gasteiger partial charge in [0, 0.05) is 28.4 Å². The van der Waals surface area contributed by atoms with Crippen LogP contribution in [-0.4, -0.2) is 22.0 Å². The third-order valence-corrected chi connectivity index (χ3v) is 5.44. The number of carbonyl (C=O) groups is 2. The van der Waals surface area contributed by atoms with Crippen molar-refractivity contribution in [3.05, 3.63) is 61.7 Å². The van der Waals surface area contributed by atoms with E-state index in [2.05, 4.69) is 20.8 Å². The number of amides is 2. The zero-order valence-electron chi connectivity index (χ0n) is 13.6. The van der Waals surface area contributed by atoms with Crippen LogP contribution in [0.4, 0.5) is 5.69 Å². The Morgan fingerprint density at radius 3 is 2.81 bits per heavy atom. The molecule has 0 saturated heterocycles. The smallest absolute Gasteiger partial charge is 0.286 e. The molecule has 0 aliphatic carbocycles. The third-order valence-electron chi connectivity index (χ3n) is 3.35. The molecule has 2 amide bonds. The van der Waals surface area contributed by atoms with Crippen molar-refractivity contribution in [3.8, 4) is 0 Å². The predicted octanol–water partition coefficient (Wildman–Crippen LogP) is 3.75. The molecule has 26 heavy (non-hydrogen) atoms. The Bertz CT molecular complexity index is 896. The minimum atomic E-state index is -0.349. The zero-order chi connectivity index (χ0) is 18.4. The number of thiophene rings is 1. The van der Waals surface area contributed by atoms with Crippen LogP contribution in [0.5, 0.6) is 0 Å². The normalized spacial score (nSPS) is 10.5. The first-order valence-corrected chi connectivity index (χ1v) is 9.86. The van der Waals surface area contributed by atoms with Crippen LogP contribution in [0.15, 0.2) is 41.8 Å². The van der Waals surface area contributed by atoms with Gasteiger partial charge in [0.25, 0.3) is 5.91 Å². The molecule has 0 bridgehead atoms. The summed E-state index contributed by atoms with van der Waals surface area (Å²) in [6.45, 7) is 0.528. The Hall–Kier alpha value is -2.29. The molecule has 0 unspecified atom stereocenters. The molecule has 3 rings (SSSR count). The molecule has 0 atom stereocenters. The van der Waals surface area contributed by atoms with Gasteiger partial charge < -0.3 is 10.6 Å². The van der Waals surface area contributed by atoms with Crippen LogP contribution in [-0.2, 0) is 17.8 Å². The summed E-state index contributed by atoms with van der Waals surface area (Å²) in [6, 6.07) is 10.8. The molecule has 0 spiro atoms. The first-order valence-electron chi connectivity index (χ1n) is 7.78. The van der Waals surface area contributed by atoms with Crippen molar-refractivity contribution in [1.82, 2.24) is 15.5 Å². The van der Waals surface area contributed by atoms with E-state index in [1.165, 1.54) is 11.3 Å². The summed E-state index contributed by atoms with van der Waals surface area (Å²) >= 11 is 8.67. The molecule has 0 fully saturated rings. The zero-order valence-corrected chi connectivity index (χ0v) is 16.0. The summed E-state index contributed by atoms with van der Waals surface area (Å²) in [7, 11) is 0. The quantitative estimate of drug-likeness (QED) is 0.625. The molecule has 0 saturated carbocycles. The fraction of sp³-hybridized carbons (Fsp3) is 0.176. The van der Waals surface area contributed by atoms with E-state index in [1.807, 2.05) is 17.5 Å². The molecule has 9 heteroatoms. The van der Waals surface area contributed by atoms with Gasteiger partial charge in [0.15, 0.2) is 0 Å². The number of anilines is 1. The highest BCUT2D eigenvalue weighted by Gasteiger charge is 2.14. The van der Waals surface area contributed by atoms with Gasteiger partial charge in [-0.05, 0) is 29.6 Å². The molecule has 2 N–H and O–H groups in total. The summed E-state index contributed by atoms with van der Waals surface area (Å²) in [6.07, 6.45) is 0.744. The Morgan fingerprint density at radius 2 is 2.04 bits per heavy atom. The SMILES string of the molecule is O=C(CCc1nnc(C(=O)Nc2cccc(Cl)c2)s1)NCc1cccs1. The lowest BCUT2D eigenvalue weighted by Gasteiger charge is -2.02. The van der Waals surface area contributed by atoms with E-state index in [9.17, 15) is 9.59 Å². The van der Waals surface area contributed by atoms with E-state index in [-0.39, 0.29) is 16.8 Å². The van der Waals surface area contributed by atoms with Crippen LogP contribution < -0.4 is 10.6 Å². The van der Waals surface area contributed by atoms with E-state index in [0.717, 1.165) is 4.88 Å². The van der Waals surface area contributed by atoms with Crippen LogP contribution in [0.1, 0.15) is 26.1 Å². The molecule has 1 aromatic carbocycles. The number of rotatable bonds is 7. The van der Waals surface area contributed by atoms with Crippen molar-refractivity contribution >= 4 is 51.8 Å². The van der Waals surface area contributed by atoms with Crippen LogP contribution in [0, 0.1) is 0 Å². The van der Waals surface area contributed by atoms with Gasteiger partial charge in [-0.1, -0.05) is 35.1 Å². The molecule has 2 heterocycles. The first-order chi connectivity index (χ1) is 12.6. The molecular weight excluding hydrogens is 392 g/mol. The maximum absolute atomic E-state index is 12.2. The van der Waals surface area contributed by atoms with E-state index in [1.54, 1.807) is 35.6 Å². The van der Waals surface area contributed by atoms with Crippen molar-refractivity contribution in [3.63, 3.8) is 0 Å². The minimum Gasteiger partial charge on any atom is -0.351 e. The number of benzene rings is 1. The molecule has 0 radical (unpaired) electrons. The lowest BCUT2D eigenvalue weighted by atomic mass is 10.3. The lowest BCUT2D eigenvalue weighted by Crippen LogP contribution is -2.22. The molecular formula is C17H15ClN4O2S2. The number of halogens is 1. The summed E-state index contributed by atoms with van der Waals surface area (Å²) in [5.41, 5.74) is 0.590. The molecule has 2 aromatic heterocycles. The fourth-order valence-electron chi connectivity index (χ4n) is 2.10. The van der Waals surface area contributed by atoms with Gasteiger partial charge in [0.05, 0.1) is 6.54 Å². The van der Waals surface area contributed by atoms with Gasteiger partial charge in [0.1, 0.15) is 5.01 Å². The number of nitrogens with one attached hydrogen (secondary N) is 2. The van der Waals surface area contributed by atoms with Crippen molar-refractivity contribution in [2.45, 2.75) is 19.4 Å². The van der Waals surface area contributed by atoms with E-state index in [4.69, 9.17) is 11.6 Å². The molecule has 3 aromatic rings. The second-order valence-corrected chi connectivity index (χ2v) is 7.85.